The normalized spacial score (nSPS) is 14.5. The Morgan fingerprint density at radius 1 is 0.885 bits per heavy atom. The molecule has 0 atom stereocenters. The largest absolute Gasteiger partial charge is 0.469 e. The summed E-state index contributed by atoms with van der Waals surface area (Å²) in [5.41, 5.74) is 2.21. The average molecular weight is 387 g/mol. The van der Waals surface area contributed by atoms with Gasteiger partial charge in [0.05, 0.1) is 11.7 Å². The Balaban J connectivity index is 1.39. The summed E-state index contributed by atoms with van der Waals surface area (Å²) in [7, 11) is 0. The van der Waals surface area contributed by atoms with Gasteiger partial charge in [-0.15, -0.1) is 4.37 Å². The third-order valence-corrected chi connectivity index (χ3v) is 5.34. The van der Waals surface area contributed by atoms with E-state index in [0.29, 0.717) is 17.5 Å². The van der Waals surface area contributed by atoms with Crippen LogP contribution in [0.4, 0.5) is 11.5 Å². The van der Waals surface area contributed by atoms with E-state index < -0.39 is 0 Å². The van der Waals surface area contributed by atoms with Gasteiger partial charge in [-0.1, -0.05) is 48.0 Å². The zero-order chi connectivity index (χ0) is 17.8. The summed E-state index contributed by atoms with van der Waals surface area (Å²) in [4.78, 5) is 4.63. The van der Waals surface area contributed by atoms with Gasteiger partial charge in [0, 0.05) is 42.5 Å². The smallest absolute Gasteiger partial charge is 0.271 e. The molecule has 134 valence electrons. The highest BCUT2D eigenvalue weighted by Crippen LogP contribution is 2.29. The van der Waals surface area contributed by atoms with Crippen molar-refractivity contribution in [1.29, 1.82) is 0 Å². The highest BCUT2D eigenvalue weighted by Gasteiger charge is 2.23. The molecule has 1 aliphatic rings. The second kappa shape index (κ2) is 7.93. The van der Waals surface area contributed by atoms with Crippen molar-refractivity contribution in [1.82, 2.24) is 8.75 Å². The predicted octanol–water partition coefficient (Wildman–Crippen LogP) is 4.10. The van der Waals surface area contributed by atoms with Crippen molar-refractivity contribution in [3.05, 3.63) is 65.2 Å². The maximum atomic E-state index is 6.20. The number of aromatic nitrogens is 2. The molecule has 0 amide bonds. The molecule has 0 N–H and O–H groups in total. The molecule has 2 aromatic carbocycles. The van der Waals surface area contributed by atoms with Crippen LogP contribution in [0.2, 0.25) is 5.02 Å². The average Bonchev–Trinajstić information content (AvgIpc) is 3.17. The molecule has 0 spiro atoms. The molecule has 5 nitrogen and oxygen atoms in total. The maximum Gasteiger partial charge on any atom is 0.271 e. The van der Waals surface area contributed by atoms with Crippen molar-refractivity contribution >= 4 is 34.8 Å². The first-order valence-electron chi connectivity index (χ1n) is 8.55. The molecule has 0 radical (unpaired) electrons. The van der Waals surface area contributed by atoms with E-state index in [1.165, 1.54) is 17.4 Å². The van der Waals surface area contributed by atoms with Gasteiger partial charge >= 0.3 is 0 Å². The molecule has 1 saturated heterocycles. The third kappa shape index (κ3) is 3.76. The Hall–Kier alpha value is -2.31. The van der Waals surface area contributed by atoms with Gasteiger partial charge in [0.1, 0.15) is 6.61 Å². The second-order valence-corrected chi connectivity index (χ2v) is 7.02. The SMILES string of the molecule is Clc1ccccc1COc1nsnc1N1CCN(c2ccccc2)CC1. The molecule has 4 rings (SSSR count). The molecule has 7 heteroatoms. The van der Waals surface area contributed by atoms with Crippen LogP contribution in [0.25, 0.3) is 0 Å². The topological polar surface area (TPSA) is 41.5 Å². The van der Waals surface area contributed by atoms with E-state index in [4.69, 9.17) is 16.3 Å². The number of ether oxygens (including phenoxy) is 1. The zero-order valence-electron chi connectivity index (χ0n) is 14.2. The van der Waals surface area contributed by atoms with Gasteiger partial charge in [-0.2, -0.15) is 4.37 Å². The number of piperazine rings is 1. The fourth-order valence-corrected chi connectivity index (χ4v) is 3.75. The van der Waals surface area contributed by atoms with Gasteiger partial charge in [0.2, 0.25) is 5.82 Å². The van der Waals surface area contributed by atoms with E-state index >= 15 is 0 Å². The molecule has 2 heterocycles. The lowest BCUT2D eigenvalue weighted by molar-refractivity contribution is 0.296. The summed E-state index contributed by atoms with van der Waals surface area (Å²) in [6.45, 7) is 4.07. The Morgan fingerprint density at radius 2 is 1.58 bits per heavy atom. The summed E-state index contributed by atoms with van der Waals surface area (Å²) >= 11 is 7.38. The summed E-state index contributed by atoms with van der Waals surface area (Å²) in [6.07, 6.45) is 0. The Kier molecular flexibility index (Phi) is 5.22. The number of halogens is 1. The second-order valence-electron chi connectivity index (χ2n) is 6.08. The molecule has 0 unspecified atom stereocenters. The van der Waals surface area contributed by atoms with Crippen LogP contribution < -0.4 is 14.5 Å². The van der Waals surface area contributed by atoms with Crippen LogP contribution in [0.15, 0.2) is 54.6 Å². The van der Waals surface area contributed by atoms with Gasteiger partial charge in [-0.05, 0) is 18.2 Å². The number of hydrogen-bond donors (Lipinski definition) is 0. The lowest BCUT2D eigenvalue weighted by Crippen LogP contribution is -2.46. The number of nitrogens with zero attached hydrogens (tertiary/aromatic N) is 4. The first kappa shape index (κ1) is 17.1. The third-order valence-electron chi connectivity index (χ3n) is 4.47. The molecule has 3 aromatic rings. The number of anilines is 2. The lowest BCUT2D eigenvalue weighted by Gasteiger charge is -2.36. The minimum Gasteiger partial charge on any atom is -0.469 e. The van der Waals surface area contributed by atoms with Crippen LogP contribution in [0.5, 0.6) is 5.88 Å². The van der Waals surface area contributed by atoms with Crippen LogP contribution in [0.3, 0.4) is 0 Å². The van der Waals surface area contributed by atoms with Crippen LogP contribution in [0.1, 0.15) is 5.56 Å². The van der Waals surface area contributed by atoms with Crippen molar-refractivity contribution in [2.45, 2.75) is 6.61 Å². The van der Waals surface area contributed by atoms with E-state index in [-0.39, 0.29) is 0 Å². The van der Waals surface area contributed by atoms with Gasteiger partial charge in [-0.25, -0.2) is 0 Å². The molecular weight excluding hydrogens is 368 g/mol. The molecule has 0 bridgehead atoms. The predicted molar refractivity (Wildman–Crippen MR) is 107 cm³/mol. The summed E-state index contributed by atoms with van der Waals surface area (Å²) in [5.74, 6) is 1.41. The van der Waals surface area contributed by atoms with Gasteiger partial charge in [-0.3, -0.25) is 0 Å². The van der Waals surface area contributed by atoms with Crippen LogP contribution >= 0.6 is 23.3 Å². The zero-order valence-corrected chi connectivity index (χ0v) is 15.8. The molecule has 0 saturated carbocycles. The van der Waals surface area contributed by atoms with Crippen molar-refractivity contribution in [3.8, 4) is 5.88 Å². The summed E-state index contributed by atoms with van der Waals surface area (Å²) in [6, 6.07) is 18.2. The molecule has 1 aromatic heterocycles. The van der Waals surface area contributed by atoms with E-state index in [1.807, 2.05) is 30.3 Å². The van der Waals surface area contributed by atoms with E-state index in [9.17, 15) is 0 Å². The standard InChI is InChI=1S/C19H19ClN4OS/c20-17-9-5-4-6-15(17)14-25-19-18(21-26-22-19)24-12-10-23(11-13-24)16-7-2-1-3-8-16/h1-9H,10-14H2. The van der Waals surface area contributed by atoms with Crippen molar-refractivity contribution in [2.24, 2.45) is 0 Å². The molecule has 0 aliphatic carbocycles. The first-order valence-corrected chi connectivity index (χ1v) is 9.66. The Morgan fingerprint density at radius 3 is 2.35 bits per heavy atom. The van der Waals surface area contributed by atoms with Crippen molar-refractivity contribution in [3.63, 3.8) is 0 Å². The summed E-state index contributed by atoms with van der Waals surface area (Å²) < 4.78 is 14.7. The van der Waals surface area contributed by atoms with Crippen LogP contribution in [-0.2, 0) is 6.61 Å². The fourth-order valence-electron chi connectivity index (χ4n) is 3.04. The molecular formula is C19H19ClN4OS. The number of rotatable bonds is 5. The maximum absolute atomic E-state index is 6.20. The highest BCUT2D eigenvalue weighted by atomic mass is 35.5. The number of hydrogen-bond acceptors (Lipinski definition) is 6. The van der Waals surface area contributed by atoms with Gasteiger partial charge < -0.3 is 14.5 Å². The van der Waals surface area contributed by atoms with Crippen molar-refractivity contribution < 1.29 is 4.74 Å². The van der Waals surface area contributed by atoms with Gasteiger partial charge in [0.15, 0.2) is 0 Å². The summed E-state index contributed by atoms with van der Waals surface area (Å²) in [5, 5.41) is 0.703. The minimum absolute atomic E-state index is 0.391. The molecule has 1 aliphatic heterocycles. The Bertz CT molecular complexity index is 850. The molecule has 26 heavy (non-hydrogen) atoms. The number of benzene rings is 2. The fraction of sp³-hybridized carbons (Fsp3) is 0.263. The van der Waals surface area contributed by atoms with E-state index in [2.05, 4.69) is 42.8 Å². The van der Waals surface area contributed by atoms with Crippen molar-refractivity contribution in [2.75, 3.05) is 36.0 Å². The van der Waals surface area contributed by atoms with Crippen LogP contribution in [-0.4, -0.2) is 34.9 Å². The number of para-hydroxylation sites is 1. The van der Waals surface area contributed by atoms with Crippen LogP contribution in [0, 0.1) is 0 Å². The first-order chi connectivity index (χ1) is 12.8. The van der Waals surface area contributed by atoms with E-state index in [1.54, 1.807) is 0 Å². The molecule has 1 fully saturated rings. The van der Waals surface area contributed by atoms with E-state index in [0.717, 1.165) is 37.6 Å². The quantitative estimate of drug-likeness (QED) is 0.660. The lowest BCUT2D eigenvalue weighted by atomic mass is 10.2. The minimum atomic E-state index is 0.391. The van der Waals surface area contributed by atoms with Gasteiger partial charge in [0.25, 0.3) is 5.88 Å². The Labute approximate surface area is 162 Å². The highest BCUT2D eigenvalue weighted by molar-refractivity contribution is 6.99. The monoisotopic (exact) mass is 386 g/mol.